The summed E-state index contributed by atoms with van der Waals surface area (Å²) in [6.07, 6.45) is 2.58. The van der Waals surface area contributed by atoms with Crippen molar-refractivity contribution in [1.29, 1.82) is 0 Å². The highest BCUT2D eigenvalue weighted by Crippen LogP contribution is 2.33. The molecule has 0 amide bonds. The molecule has 0 spiro atoms. The summed E-state index contributed by atoms with van der Waals surface area (Å²) in [5.74, 6) is 0.268. The average molecular weight is 257 g/mol. The first-order valence-electron chi connectivity index (χ1n) is 6.25. The Morgan fingerprint density at radius 1 is 1.11 bits per heavy atom. The van der Waals surface area contributed by atoms with Crippen LogP contribution >= 0.6 is 11.3 Å². The molecule has 0 aliphatic heterocycles. The largest absolute Gasteiger partial charge is 0.293 e. The third kappa shape index (κ3) is 1.99. The van der Waals surface area contributed by atoms with Gasteiger partial charge in [0.1, 0.15) is 5.01 Å². The lowest BCUT2D eigenvalue weighted by molar-refractivity contribution is 0.0976. The fourth-order valence-electron chi connectivity index (χ4n) is 2.49. The van der Waals surface area contributed by atoms with Crippen LogP contribution in [0.1, 0.15) is 39.3 Å². The van der Waals surface area contributed by atoms with E-state index in [0.717, 1.165) is 34.0 Å². The number of Topliss-reactive ketones (excluding diaryl/α,β-unsaturated/α-hetero) is 1. The number of rotatable bonds is 1. The van der Waals surface area contributed by atoms with E-state index in [-0.39, 0.29) is 5.78 Å². The van der Waals surface area contributed by atoms with Crippen LogP contribution in [0.2, 0.25) is 0 Å². The van der Waals surface area contributed by atoms with Crippen molar-refractivity contribution in [2.45, 2.75) is 33.1 Å². The molecule has 1 heterocycles. The first-order valence-corrected chi connectivity index (χ1v) is 7.07. The Morgan fingerprint density at radius 2 is 1.83 bits per heavy atom. The van der Waals surface area contributed by atoms with Gasteiger partial charge in [-0.05, 0) is 38.8 Å². The van der Waals surface area contributed by atoms with Crippen LogP contribution in [0.25, 0.3) is 10.6 Å². The van der Waals surface area contributed by atoms with Gasteiger partial charge in [0.05, 0.1) is 10.6 Å². The molecule has 0 N–H and O–H groups in total. The van der Waals surface area contributed by atoms with Crippen molar-refractivity contribution in [3.63, 3.8) is 0 Å². The number of fused-ring (bicyclic) bond motifs is 1. The van der Waals surface area contributed by atoms with Gasteiger partial charge in [0.2, 0.25) is 0 Å². The molecule has 2 nitrogen and oxygen atoms in total. The Labute approximate surface area is 111 Å². The number of aryl methyl sites for hydroxylation is 3. The first-order chi connectivity index (χ1) is 8.63. The van der Waals surface area contributed by atoms with Crippen molar-refractivity contribution in [2.75, 3.05) is 0 Å². The van der Waals surface area contributed by atoms with Crippen LogP contribution in [0.4, 0.5) is 0 Å². The third-order valence-corrected chi connectivity index (χ3v) is 4.42. The van der Waals surface area contributed by atoms with Gasteiger partial charge >= 0.3 is 0 Å². The summed E-state index contributed by atoms with van der Waals surface area (Å²) >= 11 is 1.55. The second-order valence-corrected chi connectivity index (χ2v) is 5.95. The van der Waals surface area contributed by atoms with E-state index in [1.807, 2.05) is 0 Å². The molecule has 1 aliphatic rings. The predicted octanol–water partition coefficient (Wildman–Crippen LogP) is 3.95. The molecule has 0 saturated heterocycles. The van der Waals surface area contributed by atoms with E-state index < -0.39 is 0 Å². The highest BCUT2D eigenvalue weighted by atomic mass is 32.1. The van der Waals surface area contributed by atoms with E-state index in [0.29, 0.717) is 6.42 Å². The smallest absolute Gasteiger partial charge is 0.174 e. The highest BCUT2D eigenvalue weighted by Gasteiger charge is 2.22. The highest BCUT2D eigenvalue weighted by molar-refractivity contribution is 7.17. The molecule has 1 aromatic carbocycles. The SMILES string of the molecule is Cc1cc(C)cc(-c2nc3c(s2)C(=O)CCC3)c1. The molecule has 1 aromatic heterocycles. The first kappa shape index (κ1) is 11.6. The van der Waals surface area contributed by atoms with Crippen LogP contribution in [0.15, 0.2) is 18.2 Å². The molecule has 0 saturated carbocycles. The summed E-state index contributed by atoms with van der Waals surface area (Å²) < 4.78 is 0. The predicted molar refractivity (Wildman–Crippen MR) is 74.3 cm³/mol. The minimum absolute atomic E-state index is 0.268. The van der Waals surface area contributed by atoms with E-state index >= 15 is 0 Å². The number of carbonyl (C=O) groups excluding carboxylic acids is 1. The fraction of sp³-hybridized carbons (Fsp3) is 0.333. The van der Waals surface area contributed by atoms with E-state index in [1.165, 1.54) is 11.1 Å². The van der Waals surface area contributed by atoms with Gasteiger partial charge in [-0.25, -0.2) is 4.98 Å². The van der Waals surface area contributed by atoms with E-state index in [2.05, 4.69) is 37.0 Å². The summed E-state index contributed by atoms with van der Waals surface area (Å²) in [5.41, 5.74) is 4.62. The molecule has 18 heavy (non-hydrogen) atoms. The number of benzene rings is 1. The van der Waals surface area contributed by atoms with Crippen molar-refractivity contribution in [2.24, 2.45) is 0 Å². The topological polar surface area (TPSA) is 30.0 Å². The molecule has 0 atom stereocenters. The number of hydrogen-bond donors (Lipinski definition) is 0. The summed E-state index contributed by atoms with van der Waals surface area (Å²) in [7, 11) is 0. The average Bonchev–Trinajstić information content (AvgIpc) is 2.73. The summed E-state index contributed by atoms with van der Waals surface area (Å²) in [6.45, 7) is 4.18. The van der Waals surface area contributed by atoms with Gasteiger partial charge in [-0.2, -0.15) is 0 Å². The van der Waals surface area contributed by atoms with Gasteiger partial charge in [0.25, 0.3) is 0 Å². The second-order valence-electron chi connectivity index (χ2n) is 4.95. The maximum Gasteiger partial charge on any atom is 0.174 e. The molecule has 0 unspecified atom stereocenters. The van der Waals surface area contributed by atoms with Crippen molar-refractivity contribution < 1.29 is 4.79 Å². The number of carbonyl (C=O) groups is 1. The van der Waals surface area contributed by atoms with Gasteiger partial charge in [0, 0.05) is 12.0 Å². The van der Waals surface area contributed by atoms with Gasteiger partial charge in [0.15, 0.2) is 5.78 Å². The van der Waals surface area contributed by atoms with Crippen LogP contribution in [0.3, 0.4) is 0 Å². The minimum Gasteiger partial charge on any atom is -0.293 e. The zero-order chi connectivity index (χ0) is 12.7. The van der Waals surface area contributed by atoms with Crippen molar-refractivity contribution >= 4 is 17.1 Å². The molecule has 0 radical (unpaired) electrons. The van der Waals surface area contributed by atoms with E-state index in [9.17, 15) is 4.79 Å². The van der Waals surface area contributed by atoms with Crippen molar-refractivity contribution in [3.05, 3.63) is 39.9 Å². The summed E-state index contributed by atoms with van der Waals surface area (Å²) in [4.78, 5) is 17.4. The monoisotopic (exact) mass is 257 g/mol. The summed E-state index contributed by atoms with van der Waals surface area (Å²) in [5, 5.41) is 0.988. The van der Waals surface area contributed by atoms with Gasteiger partial charge in [-0.1, -0.05) is 17.2 Å². The molecule has 3 rings (SSSR count). The fourth-order valence-corrected chi connectivity index (χ4v) is 3.56. The number of nitrogens with zero attached hydrogens (tertiary/aromatic N) is 1. The van der Waals surface area contributed by atoms with Crippen LogP contribution in [0.5, 0.6) is 0 Å². The maximum absolute atomic E-state index is 11.8. The van der Waals surface area contributed by atoms with Crippen LogP contribution < -0.4 is 0 Å². The standard InChI is InChI=1S/C15H15NOS/c1-9-6-10(2)8-11(7-9)15-16-12-4-3-5-13(17)14(12)18-15/h6-8H,3-5H2,1-2H3. The normalized spacial score (nSPS) is 14.7. The molecule has 0 fully saturated rings. The zero-order valence-electron chi connectivity index (χ0n) is 10.6. The van der Waals surface area contributed by atoms with Crippen LogP contribution in [0, 0.1) is 13.8 Å². The third-order valence-electron chi connectivity index (χ3n) is 3.24. The maximum atomic E-state index is 11.8. The minimum atomic E-state index is 0.268. The van der Waals surface area contributed by atoms with Gasteiger partial charge in [-0.3, -0.25) is 4.79 Å². The van der Waals surface area contributed by atoms with E-state index in [4.69, 9.17) is 0 Å². The van der Waals surface area contributed by atoms with Crippen LogP contribution in [-0.4, -0.2) is 10.8 Å². The lowest BCUT2D eigenvalue weighted by Gasteiger charge is -2.06. The Bertz CT molecular complexity index is 607. The number of thiazole rings is 1. The molecule has 0 bridgehead atoms. The van der Waals surface area contributed by atoms with Gasteiger partial charge < -0.3 is 0 Å². The Balaban J connectivity index is 2.10. The molecule has 2 aromatic rings. The number of aromatic nitrogens is 1. The van der Waals surface area contributed by atoms with Gasteiger partial charge in [-0.15, -0.1) is 11.3 Å². The van der Waals surface area contributed by atoms with Crippen molar-refractivity contribution in [1.82, 2.24) is 4.98 Å². The van der Waals surface area contributed by atoms with Crippen molar-refractivity contribution in [3.8, 4) is 10.6 Å². The molecule has 3 heteroatoms. The zero-order valence-corrected chi connectivity index (χ0v) is 11.4. The summed E-state index contributed by atoms with van der Waals surface area (Å²) in [6, 6.07) is 6.44. The lowest BCUT2D eigenvalue weighted by atomic mass is 10.0. The molecular formula is C15H15NOS. The quantitative estimate of drug-likeness (QED) is 0.774. The molecule has 92 valence electrons. The molecule has 1 aliphatic carbocycles. The van der Waals surface area contributed by atoms with Crippen LogP contribution in [-0.2, 0) is 6.42 Å². The molecular weight excluding hydrogens is 242 g/mol. The Hall–Kier alpha value is -1.48. The number of ketones is 1. The Kier molecular flexibility index (Phi) is 2.78. The Morgan fingerprint density at radius 3 is 2.50 bits per heavy atom. The lowest BCUT2D eigenvalue weighted by Crippen LogP contribution is -2.07. The second kappa shape index (κ2) is 4.32. The number of hydrogen-bond acceptors (Lipinski definition) is 3. The van der Waals surface area contributed by atoms with E-state index in [1.54, 1.807) is 11.3 Å².